The highest BCUT2D eigenvalue weighted by atomic mass is 79.9. The smallest absolute Gasteiger partial charge is 0.255 e. The average Bonchev–Trinajstić information content (AvgIpc) is 3.15. The Bertz CT molecular complexity index is 954. The van der Waals surface area contributed by atoms with Gasteiger partial charge >= 0.3 is 0 Å². The molecule has 1 heterocycles. The summed E-state index contributed by atoms with van der Waals surface area (Å²) in [6.07, 6.45) is 1.67. The molecule has 0 bridgehead atoms. The van der Waals surface area contributed by atoms with E-state index in [0.717, 1.165) is 21.3 Å². The molecule has 0 aliphatic carbocycles. The Morgan fingerprint density at radius 3 is 2.70 bits per heavy atom. The molecule has 0 atom stereocenters. The van der Waals surface area contributed by atoms with Gasteiger partial charge in [0, 0.05) is 28.7 Å². The Morgan fingerprint density at radius 2 is 1.93 bits per heavy atom. The number of anilines is 1. The van der Waals surface area contributed by atoms with Crippen molar-refractivity contribution >= 4 is 33.4 Å². The molecule has 6 nitrogen and oxygen atoms in total. The first-order valence-corrected chi connectivity index (χ1v) is 9.27. The number of aromatic amines is 1. The van der Waals surface area contributed by atoms with E-state index in [-0.39, 0.29) is 24.8 Å². The van der Waals surface area contributed by atoms with Crippen LogP contribution in [0.1, 0.15) is 22.3 Å². The summed E-state index contributed by atoms with van der Waals surface area (Å²) in [6.45, 7) is 2.16. The zero-order valence-corrected chi connectivity index (χ0v) is 16.3. The van der Waals surface area contributed by atoms with Gasteiger partial charge in [-0.2, -0.15) is 5.10 Å². The lowest BCUT2D eigenvalue weighted by Gasteiger charge is -2.09. The van der Waals surface area contributed by atoms with E-state index in [0.29, 0.717) is 11.3 Å². The van der Waals surface area contributed by atoms with E-state index >= 15 is 0 Å². The number of amides is 2. The summed E-state index contributed by atoms with van der Waals surface area (Å²) in [5.74, 6) is -0.430. The maximum Gasteiger partial charge on any atom is 0.255 e. The highest BCUT2D eigenvalue weighted by Gasteiger charge is 2.15. The summed E-state index contributed by atoms with van der Waals surface area (Å²) in [5, 5.41) is 12.4. The van der Waals surface area contributed by atoms with Crippen molar-refractivity contribution in [1.29, 1.82) is 0 Å². The predicted octanol–water partition coefficient (Wildman–Crippen LogP) is 3.91. The number of halogens is 1. The van der Waals surface area contributed by atoms with E-state index in [1.165, 1.54) is 6.20 Å². The van der Waals surface area contributed by atoms with Crippen LogP contribution in [0.25, 0.3) is 11.3 Å². The largest absolute Gasteiger partial charge is 0.351 e. The number of aromatic nitrogens is 2. The van der Waals surface area contributed by atoms with Gasteiger partial charge in [-0.15, -0.1) is 0 Å². The van der Waals surface area contributed by atoms with Crippen LogP contribution in [0.3, 0.4) is 0 Å². The second-order valence-corrected chi connectivity index (χ2v) is 6.95. The molecule has 3 rings (SSSR count). The third-order valence-corrected chi connectivity index (χ3v) is 4.55. The molecular weight excluding hydrogens is 408 g/mol. The van der Waals surface area contributed by atoms with Crippen molar-refractivity contribution < 1.29 is 9.59 Å². The molecule has 7 heteroatoms. The summed E-state index contributed by atoms with van der Waals surface area (Å²) < 4.78 is 0.894. The summed E-state index contributed by atoms with van der Waals surface area (Å²) >= 11 is 3.39. The first kappa shape index (κ1) is 18.8. The number of nitrogens with one attached hydrogen (secondary N) is 3. The fourth-order valence-electron chi connectivity index (χ4n) is 2.61. The molecule has 0 unspecified atom stereocenters. The second kappa shape index (κ2) is 8.64. The standard InChI is InChI=1S/C20H19BrN4O2/c1-13-7-8-15(21)11-17(13)24-18(26)9-10-22-20(27)16-12-23-25-19(16)14-5-3-2-4-6-14/h2-8,11-12H,9-10H2,1H3,(H,22,27)(H,23,25)(H,24,26). The van der Waals surface area contributed by atoms with Gasteiger partial charge in [-0.3, -0.25) is 14.7 Å². The lowest BCUT2D eigenvalue weighted by Crippen LogP contribution is -2.27. The van der Waals surface area contributed by atoms with Gasteiger partial charge in [0.25, 0.3) is 5.91 Å². The summed E-state index contributed by atoms with van der Waals surface area (Å²) in [7, 11) is 0. The minimum absolute atomic E-state index is 0.160. The topological polar surface area (TPSA) is 86.9 Å². The predicted molar refractivity (Wildman–Crippen MR) is 108 cm³/mol. The Kier molecular flexibility index (Phi) is 6.03. The van der Waals surface area contributed by atoms with Crippen LogP contribution in [0.4, 0.5) is 5.69 Å². The molecule has 3 N–H and O–H groups in total. The molecule has 2 aromatic carbocycles. The highest BCUT2D eigenvalue weighted by Crippen LogP contribution is 2.21. The molecule has 138 valence electrons. The van der Waals surface area contributed by atoms with E-state index in [1.54, 1.807) is 0 Å². The third-order valence-electron chi connectivity index (χ3n) is 4.06. The van der Waals surface area contributed by atoms with Crippen LogP contribution in [0.15, 0.2) is 59.2 Å². The van der Waals surface area contributed by atoms with Gasteiger partial charge in [0.1, 0.15) is 0 Å². The number of nitrogens with zero attached hydrogens (tertiary/aromatic N) is 1. The zero-order chi connectivity index (χ0) is 19.2. The average molecular weight is 427 g/mol. The molecule has 0 saturated carbocycles. The van der Waals surface area contributed by atoms with Crippen molar-refractivity contribution in [3.05, 3.63) is 70.3 Å². The third kappa shape index (κ3) is 4.83. The fraction of sp³-hybridized carbons (Fsp3) is 0.150. The maximum atomic E-state index is 12.4. The van der Waals surface area contributed by atoms with Gasteiger partial charge in [-0.25, -0.2) is 0 Å². The van der Waals surface area contributed by atoms with Crippen molar-refractivity contribution in [2.24, 2.45) is 0 Å². The van der Waals surface area contributed by atoms with Crippen molar-refractivity contribution in [2.75, 3.05) is 11.9 Å². The number of hydrogen-bond acceptors (Lipinski definition) is 3. The van der Waals surface area contributed by atoms with Crippen LogP contribution in [0.5, 0.6) is 0 Å². The molecule has 2 amide bonds. The first-order valence-electron chi connectivity index (χ1n) is 8.47. The monoisotopic (exact) mass is 426 g/mol. The molecule has 3 aromatic rings. The number of rotatable bonds is 6. The fourth-order valence-corrected chi connectivity index (χ4v) is 2.97. The van der Waals surface area contributed by atoms with Gasteiger partial charge in [-0.05, 0) is 24.6 Å². The SMILES string of the molecule is Cc1ccc(Br)cc1NC(=O)CCNC(=O)c1cn[nH]c1-c1ccccc1. The molecule has 27 heavy (non-hydrogen) atoms. The lowest BCUT2D eigenvalue weighted by atomic mass is 10.1. The lowest BCUT2D eigenvalue weighted by molar-refractivity contribution is -0.116. The minimum Gasteiger partial charge on any atom is -0.351 e. The molecule has 0 radical (unpaired) electrons. The number of carbonyl (C=O) groups is 2. The summed E-state index contributed by atoms with van der Waals surface area (Å²) in [6, 6.07) is 15.2. The van der Waals surface area contributed by atoms with Crippen molar-refractivity contribution in [3.63, 3.8) is 0 Å². The van der Waals surface area contributed by atoms with Crippen LogP contribution in [-0.2, 0) is 4.79 Å². The van der Waals surface area contributed by atoms with E-state index in [4.69, 9.17) is 0 Å². The number of H-pyrrole nitrogens is 1. The Balaban J connectivity index is 1.55. The maximum absolute atomic E-state index is 12.4. The van der Waals surface area contributed by atoms with Crippen LogP contribution >= 0.6 is 15.9 Å². The summed E-state index contributed by atoms with van der Waals surface area (Å²) in [5.41, 5.74) is 3.71. The van der Waals surface area contributed by atoms with Crippen LogP contribution in [-0.4, -0.2) is 28.6 Å². The van der Waals surface area contributed by atoms with Gasteiger partial charge in [0.15, 0.2) is 0 Å². The Morgan fingerprint density at radius 1 is 1.15 bits per heavy atom. The Hall–Kier alpha value is -2.93. The molecule has 0 aliphatic heterocycles. The number of aryl methyl sites for hydroxylation is 1. The van der Waals surface area contributed by atoms with Gasteiger partial charge < -0.3 is 10.6 Å². The highest BCUT2D eigenvalue weighted by molar-refractivity contribution is 9.10. The van der Waals surface area contributed by atoms with E-state index in [9.17, 15) is 9.59 Å². The van der Waals surface area contributed by atoms with Crippen LogP contribution < -0.4 is 10.6 Å². The van der Waals surface area contributed by atoms with E-state index in [1.807, 2.05) is 55.5 Å². The van der Waals surface area contributed by atoms with Gasteiger partial charge in [0.2, 0.25) is 5.91 Å². The zero-order valence-electron chi connectivity index (χ0n) is 14.8. The number of benzene rings is 2. The minimum atomic E-state index is -0.269. The molecule has 1 aromatic heterocycles. The van der Waals surface area contributed by atoms with E-state index < -0.39 is 0 Å². The summed E-state index contributed by atoms with van der Waals surface area (Å²) in [4.78, 5) is 24.6. The van der Waals surface area contributed by atoms with Gasteiger partial charge in [0.05, 0.1) is 17.5 Å². The van der Waals surface area contributed by atoms with Crippen LogP contribution in [0.2, 0.25) is 0 Å². The Labute approximate surface area is 165 Å². The van der Waals surface area contributed by atoms with Gasteiger partial charge in [-0.1, -0.05) is 52.3 Å². The van der Waals surface area contributed by atoms with E-state index in [2.05, 4.69) is 36.8 Å². The number of hydrogen-bond donors (Lipinski definition) is 3. The quantitative estimate of drug-likeness (QED) is 0.558. The van der Waals surface area contributed by atoms with Crippen molar-refractivity contribution in [3.8, 4) is 11.3 Å². The van der Waals surface area contributed by atoms with Crippen LogP contribution in [0, 0.1) is 6.92 Å². The first-order chi connectivity index (χ1) is 13.0. The van der Waals surface area contributed by atoms with Crippen molar-refractivity contribution in [2.45, 2.75) is 13.3 Å². The van der Waals surface area contributed by atoms with Crippen molar-refractivity contribution in [1.82, 2.24) is 15.5 Å². The molecule has 0 spiro atoms. The molecule has 0 saturated heterocycles. The molecule has 0 fully saturated rings. The number of carbonyl (C=O) groups excluding carboxylic acids is 2. The second-order valence-electron chi connectivity index (χ2n) is 6.04. The normalized spacial score (nSPS) is 10.4. The molecule has 0 aliphatic rings. The molecular formula is C20H19BrN4O2.